The maximum atomic E-state index is 13.2. The van der Waals surface area contributed by atoms with E-state index in [0.717, 1.165) is 5.56 Å². The van der Waals surface area contributed by atoms with Gasteiger partial charge >= 0.3 is 6.09 Å². The zero-order valence-corrected chi connectivity index (χ0v) is 20.1. The molecule has 1 aliphatic heterocycles. The quantitative estimate of drug-likeness (QED) is 0.486. The second-order valence-corrected chi connectivity index (χ2v) is 10.2. The van der Waals surface area contributed by atoms with E-state index < -0.39 is 29.6 Å². The van der Waals surface area contributed by atoms with Gasteiger partial charge in [-0.2, -0.15) is 0 Å². The van der Waals surface area contributed by atoms with E-state index in [4.69, 9.17) is 9.47 Å². The summed E-state index contributed by atoms with van der Waals surface area (Å²) in [4.78, 5) is 13.2. The molecule has 33 heavy (non-hydrogen) atoms. The molecule has 1 saturated heterocycles. The molecule has 3 rings (SSSR count). The lowest BCUT2D eigenvalue weighted by Gasteiger charge is -2.31. The first-order valence-electron chi connectivity index (χ1n) is 11.4. The molecule has 2 aromatic carbocycles. The Balaban J connectivity index is 1.72. The van der Waals surface area contributed by atoms with Crippen LogP contribution in [0.25, 0.3) is 0 Å². The molecule has 0 aromatic heterocycles. The van der Waals surface area contributed by atoms with Gasteiger partial charge in [-0.1, -0.05) is 62.4 Å². The topological polar surface area (TPSA) is 94.1 Å². The molecule has 0 spiro atoms. The van der Waals surface area contributed by atoms with Crippen molar-refractivity contribution in [1.29, 1.82) is 0 Å². The number of hydrogen-bond donors (Lipinski definition) is 2. The molecule has 0 radical (unpaired) electrons. The maximum Gasteiger partial charge on any atom is 0.407 e. The molecule has 2 N–H and O–H groups in total. The molecule has 1 fully saturated rings. The van der Waals surface area contributed by atoms with Crippen LogP contribution in [-0.4, -0.2) is 64.6 Å². The van der Waals surface area contributed by atoms with Crippen molar-refractivity contribution in [3.63, 3.8) is 0 Å². The highest BCUT2D eigenvalue weighted by Gasteiger charge is 2.31. The number of amides is 1. The summed E-state index contributed by atoms with van der Waals surface area (Å²) in [6.45, 7) is 5.73. The maximum absolute atomic E-state index is 13.2. The molecule has 2 aromatic rings. The van der Waals surface area contributed by atoms with Crippen LogP contribution in [0.2, 0.25) is 0 Å². The summed E-state index contributed by atoms with van der Waals surface area (Å²) in [5, 5.41) is 14.0. The Kier molecular flexibility index (Phi) is 10.0. The molecule has 180 valence electrons. The minimum atomic E-state index is -1.43. The van der Waals surface area contributed by atoms with Gasteiger partial charge in [-0.3, -0.25) is 0 Å². The lowest BCUT2D eigenvalue weighted by molar-refractivity contribution is 0.0644. The second kappa shape index (κ2) is 13.0. The Hall–Kier alpha value is -2.10. The molecule has 1 heterocycles. The number of nitrogens with one attached hydrogen (secondary N) is 1. The average molecular weight is 475 g/mol. The zero-order valence-electron chi connectivity index (χ0n) is 19.3. The third-order valence-electron chi connectivity index (χ3n) is 5.37. The van der Waals surface area contributed by atoms with E-state index in [1.54, 1.807) is 4.31 Å². The van der Waals surface area contributed by atoms with Crippen molar-refractivity contribution in [2.75, 3.05) is 26.3 Å². The van der Waals surface area contributed by atoms with Gasteiger partial charge in [-0.15, -0.1) is 4.31 Å². The number of carbonyl (C=O) groups is 1. The Morgan fingerprint density at radius 2 is 1.85 bits per heavy atom. The standard InChI is InChI=1S/C25H34N2O5S/c1-19(2)16-27(33(30)22-11-7-4-8-12-22)17-24(28)23(15-20-9-5-3-6-10-20)26-25(29)32-21-13-14-31-18-21/h3-12,19,21,23-24,28H,13-18H2,1-2H3,(H,26,29)/t21-,23-,24+,33?/m0/s1. The van der Waals surface area contributed by atoms with Crippen molar-refractivity contribution in [3.05, 3.63) is 66.2 Å². The number of hydrogen-bond acceptors (Lipinski definition) is 6. The van der Waals surface area contributed by atoms with Crippen LogP contribution < -0.4 is 5.32 Å². The first-order valence-corrected chi connectivity index (χ1v) is 12.5. The number of carbonyl (C=O) groups excluding carboxylic acids is 1. The number of ether oxygens (including phenoxy) is 2. The summed E-state index contributed by atoms with van der Waals surface area (Å²) in [7, 11) is 0. The third kappa shape index (κ3) is 8.32. The monoisotopic (exact) mass is 474 g/mol. The van der Waals surface area contributed by atoms with Crippen molar-refractivity contribution in [1.82, 2.24) is 9.62 Å². The largest absolute Gasteiger partial charge is 0.593 e. The Morgan fingerprint density at radius 1 is 1.18 bits per heavy atom. The van der Waals surface area contributed by atoms with Crippen LogP contribution in [0, 0.1) is 5.92 Å². The summed E-state index contributed by atoms with van der Waals surface area (Å²) in [5.41, 5.74) is 0.977. The number of nitrogens with zero attached hydrogens (tertiary/aromatic N) is 1. The zero-order chi connectivity index (χ0) is 23.6. The first kappa shape index (κ1) is 25.5. The molecule has 1 amide bonds. The molecule has 7 nitrogen and oxygen atoms in total. The van der Waals surface area contributed by atoms with Gasteiger partial charge in [0.2, 0.25) is 0 Å². The smallest absolute Gasteiger partial charge is 0.407 e. The summed E-state index contributed by atoms with van der Waals surface area (Å²) in [6, 6.07) is 18.3. The highest BCUT2D eigenvalue weighted by atomic mass is 32.2. The number of aliphatic hydroxyl groups excluding tert-OH is 1. The van der Waals surface area contributed by atoms with Crippen LogP contribution >= 0.6 is 0 Å². The van der Waals surface area contributed by atoms with Crippen LogP contribution in [-0.2, 0) is 27.3 Å². The molecular weight excluding hydrogens is 440 g/mol. The highest BCUT2D eigenvalue weighted by molar-refractivity contribution is 7.89. The number of alkyl carbamates (subject to hydrolysis) is 1. The molecule has 1 aliphatic rings. The Morgan fingerprint density at radius 3 is 2.45 bits per heavy atom. The highest BCUT2D eigenvalue weighted by Crippen LogP contribution is 2.19. The van der Waals surface area contributed by atoms with Crippen LogP contribution in [0.4, 0.5) is 4.79 Å². The molecule has 4 atom stereocenters. The summed E-state index contributed by atoms with van der Waals surface area (Å²) < 4.78 is 25.7. The van der Waals surface area contributed by atoms with Crippen molar-refractivity contribution >= 4 is 17.5 Å². The van der Waals surface area contributed by atoms with Gasteiger partial charge in [0.1, 0.15) is 6.10 Å². The fourth-order valence-corrected chi connectivity index (χ4v) is 5.14. The van der Waals surface area contributed by atoms with Crippen LogP contribution in [0.15, 0.2) is 65.6 Å². The van der Waals surface area contributed by atoms with Gasteiger partial charge in [0.15, 0.2) is 4.90 Å². The normalized spacial score (nSPS) is 18.8. The van der Waals surface area contributed by atoms with Gasteiger partial charge in [-0.25, -0.2) is 4.79 Å². The van der Waals surface area contributed by atoms with E-state index in [1.165, 1.54) is 0 Å². The second-order valence-electron chi connectivity index (χ2n) is 8.70. The van der Waals surface area contributed by atoms with Gasteiger partial charge in [0, 0.05) is 13.0 Å². The number of rotatable bonds is 11. The number of benzene rings is 2. The summed E-state index contributed by atoms with van der Waals surface area (Å²) in [5.74, 6) is 0.248. The van der Waals surface area contributed by atoms with Crippen molar-refractivity contribution < 1.29 is 23.9 Å². The number of aliphatic hydroxyl groups is 1. The van der Waals surface area contributed by atoms with Crippen molar-refractivity contribution in [2.24, 2.45) is 5.92 Å². The minimum absolute atomic E-state index is 0.143. The van der Waals surface area contributed by atoms with E-state index in [1.807, 2.05) is 74.5 Å². The molecule has 8 heteroatoms. The van der Waals surface area contributed by atoms with Gasteiger partial charge in [-0.05, 0) is 30.0 Å². The summed E-state index contributed by atoms with van der Waals surface area (Å²) in [6.07, 6.45) is -0.722. The molecule has 1 unspecified atom stereocenters. The van der Waals surface area contributed by atoms with Crippen molar-refractivity contribution in [2.45, 2.75) is 49.8 Å². The van der Waals surface area contributed by atoms with Crippen LogP contribution in [0.5, 0.6) is 0 Å². The SMILES string of the molecule is CC(C)CN(C[C@@H](O)[C@H](Cc1ccccc1)NC(=O)O[C@H]1CCOC1)[S+]([O-])c1ccccc1. The van der Waals surface area contributed by atoms with E-state index in [0.29, 0.717) is 37.5 Å². The predicted octanol–water partition coefficient (Wildman–Crippen LogP) is 3.15. The van der Waals surface area contributed by atoms with Crippen molar-refractivity contribution in [3.8, 4) is 0 Å². The van der Waals surface area contributed by atoms with Gasteiger partial charge < -0.3 is 24.4 Å². The van der Waals surface area contributed by atoms with Gasteiger partial charge in [0.05, 0.1) is 43.3 Å². The molecule has 0 saturated carbocycles. The lowest BCUT2D eigenvalue weighted by Crippen LogP contribution is -2.51. The minimum Gasteiger partial charge on any atom is -0.593 e. The average Bonchev–Trinajstić information content (AvgIpc) is 3.31. The Labute approximate surface area is 199 Å². The fraction of sp³-hybridized carbons (Fsp3) is 0.480. The van der Waals surface area contributed by atoms with E-state index in [9.17, 15) is 14.5 Å². The van der Waals surface area contributed by atoms with Crippen LogP contribution in [0.3, 0.4) is 0 Å². The first-order chi connectivity index (χ1) is 15.9. The molecular formula is C25H34N2O5S. The summed E-state index contributed by atoms with van der Waals surface area (Å²) >= 11 is -1.43. The van der Waals surface area contributed by atoms with Crippen LogP contribution in [0.1, 0.15) is 25.8 Å². The molecule has 0 aliphatic carbocycles. The van der Waals surface area contributed by atoms with Gasteiger partial charge in [0.25, 0.3) is 0 Å². The van der Waals surface area contributed by atoms with E-state index >= 15 is 0 Å². The fourth-order valence-electron chi connectivity index (χ4n) is 3.73. The lowest BCUT2D eigenvalue weighted by atomic mass is 10.0. The predicted molar refractivity (Wildman–Crippen MR) is 128 cm³/mol. The molecule has 0 bridgehead atoms. The third-order valence-corrected chi connectivity index (χ3v) is 6.81. The Bertz CT molecular complexity index is 833. The van der Waals surface area contributed by atoms with E-state index in [-0.39, 0.29) is 18.6 Å². The van der Waals surface area contributed by atoms with E-state index in [2.05, 4.69) is 5.32 Å².